The highest BCUT2D eigenvalue weighted by atomic mass is 32.1. The van der Waals surface area contributed by atoms with Crippen molar-refractivity contribution < 1.29 is 0 Å². The molecule has 0 aliphatic carbocycles. The number of nitrogens with two attached hydrogens (primary N) is 1. The number of nitrogens with zero attached hydrogens (tertiary/aromatic N) is 1. The van der Waals surface area contributed by atoms with Gasteiger partial charge >= 0.3 is 0 Å². The molecule has 0 atom stereocenters. The van der Waals surface area contributed by atoms with Crippen molar-refractivity contribution in [1.29, 1.82) is 0 Å². The van der Waals surface area contributed by atoms with Crippen LogP contribution in [0.3, 0.4) is 0 Å². The van der Waals surface area contributed by atoms with Crippen molar-refractivity contribution in [2.24, 2.45) is 5.73 Å². The van der Waals surface area contributed by atoms with Crippen molar-refractivity contribution in [2.45, 2.75) is 12.8 Å². The molecule has 0 unspecified atom stereocenters. The number of hydrogen-bond acceptors (Lipinski definition) is 3. The predicted octanol–water partition coefficient (Wildman–Crippen LogP) is 1.04. The van der Waals surface area contributed by atoms with E-state index in [1.807, 2.05) is 5.38 Å². The zero-order valence-electron chi connectivity index (χ0n) is 6.21. The van der Waals surface area contributed by atoms with Crippen LogP contribution >= 0.6 is 11.3 Å². The zero-order chi connectivity index (χ0) is 7.94. The van der Waals surface area contributed by atoms with Gasteiger partial charge < -0.3 is 5.73 Å². The monoisotopic (exact) mass is 166 g/mol. The molecule has 0 aromatic carbocycles. The average molecular weight is 166 g/mol. The fourth-order valence-corrected chi connectivity index (χ4v) is 1.19. The number of rotatable bonds is 2. The van der Waals surface area contributed by atoms with E-state index < -0.39 is 0 Å². The SMILES string of the molecule is NCCC#CCc1nccs1. The minimum absolute atomic E-state index is 0.644. The minimum Gasteiger partial charge on any atom is -0.330 e. The topological polar surface area (TPSA) is 38.9 Å². The Morgan fingerprint density at radius 2 is 2.45 bits per heavy atom. The van der Waals surface area contributed by atoms with E-state index >= 15 is 0 Å². The molecular formula is C8H10N2S. The van der Waals surface area contributed by atoms with Crippen molar-refractivity contribution >= 4 is 11.3 Å². The van der Waals surface area contributed by atoms with Gasteiger partial charge in [0, 0.05) is 24.5 Å². The largest absolute Gasteiger partial charge is 0.330 e. The summed E-state index contributed by atoms with van der Waals surface area (Å²) in [5, 5.41) is 3.04. The van der Waals surface area contributed by atoms with E-state index in [4.69, 9.17) is 5.73 Å². The van der Waals surface area contributed by atoms with E-state index in [-0.39, 0.29) is 0 Å². The van der Waals surface area contributed by atoms with Crippen LogP contribution in [0, 0.1) is 11.8 Å². The summed E-state index contributed by atoms with van der Waals surface area (Å²) in [6.45, 7) is 0.644. The zero-order valence-corrected chi connectivity index (χ0v) is 7.03. The fraction of sp³-hybridized carbons (Fsp3) is 0.375. The summed E-state index contributed by atoms with van der Waals surface area (Å²) in [6.07, 6.45) is 3.34. The van der Waals surface area contributed by atoms with Gasteiger partial charge in [-0.1, -0.05) is 5.92 Å². The van der Waals surface area contributed by atoms with Gasteiger partial charge in [0.15, 0.2) is 0 Å². The Morgan fingerprint density at radius 3 is 3.09 bits per heavy atom. The average Bonchev–Trinajstić information content (AvgIpc) is 2.50. The molecule has 0 saturated carbocycles. The van der Waals surface area contributed by atoms with E-state index in [0.717, 1.165) is 17.8 Å². The van der Waals surface area contributed by atoms with Crippen LogP contribution in [0.15, 0.2) is 11.6 Å². The van der Waals surface area contributed by atoms with Crippen LogP contribution in [0.4, 0.5) is 0 Å². The Hall–Kier alpha value is -0.850. The quantitative estimate of drug-likeness (QED) is 0.667. The highest BCUT2D eigenvalue weighted by molar-refractivity contribution is 7.09. The molecule has 1 aromatic heterocycles. The molecule has 0 aliphatic heterocycles. The van der Waals surface area contributed by atoms with E-state index in [0.29, 0.717) is 6.54 Å². The van der Waals surface area contributed by atoms with Crippen LogP contribution in [0.25, 0.3) is 0 Å². The Morgan fingerprint density at radius 1 is 1.55 bits per heavy atom. The molecule has 11 heavy (non-hydrogen) atoms. The van der Waals surface area contributed by atoms with E-state index in [2.05, 4.69) is 16.8 Å². The summed E-state index contributed by atoms with van der Waals surface area (Å²) in [5.74, 6) is 5.97. The number of aromatic nitrogens is 1. The highest BCUT2D eigenvalue weighted by Gasteiger charge is 1.88. The normalized spacial score (nSPS) is 8.82. The molecule has 1 rings (SSSR count). The molecule has 0 fully saturated rings. The first kappa shape index (κ1) is 8.25. The first-order chi connectivity index (χ1) is 5.43. The molecule has 0 aliphatic rings. The molecule has 0 radical (unpaired) electrons. The van der Waals surface area contributed by atoms with Crippen LogP contribution in [0.5, 0.6) is 0 Å². The van der Waals surface area contributed by atoms with Crippen molar-refractivity contribution in [1.82, 2.24) is 4.98 Å². The standard InChI is InChI=1S/C8H10N2S/c9-5-3-1-2-4-8-10-6-7-11-8/h6-7H,3-5,9H2. The Balaban J connectivity index is 2.30. The maximum Gasteiger partial charge on any atom is 0.104 e. The lowest BCUT2D eigenvalue weighted by atomic mass is 10.4. The van der Waals surface area contributed by atoms with Crippen molar-refractivity contribution in [3.63, 3.8) is 0 Å². The number of hydrogen-bond donors (Lipinski definition) is 1. The lowest BCUT2D eigenvalue weighted by molar-refractivity contribution is 1.03. The molecule has 3 heteroatoms. The minimum atomic E-state index is 0.644. The molecule has 1 aromatic rings. The van der Waals surface area contributed by atoms with E-state index in [1.165, 1.54) is 0 Å². The Bertz CT molecular complexity index is 243. The molecule has 2 nitrogen and oxygen atoms in total. The van der Waals surface area contributed by atoms with E-state index in [9.17, 15) is 0 Å². The van der Waals surface area contributed by atoms with Gasteiger partial charge in [0.1, 0.15) is 5.01 Å². The summed E-state index contributed by atoms with van der Waals surface area (Å²) < 4.78 is 0. The molecule has 0 bridgehead atoms. The second kappa shape index (κ2) is 4.89. The fourth-order valence-electron chi connectivity index (χ4n) is 0.639. The second-order valence-electron chi connectivity index (χ2n) is 1.99. The Labute approximate surface area is 70.5 Å². The lowest BCUT2D eigenvalue weighted by Gasteiger charge is -1.81. The molecule has 0 amide bonds. The van der Waals surface area contributed by atoms with Gasteiger partial charge in [0.05, 0.1) is 6.42 Å². The van der Waals surface area contributed by atoms with Crippen molar-refractivity contribution in [2.75, 3.05) is 6.54 Å². The summed E-state index contributed by atoms with van der Waals surface area (Å²) in [5.41, 5.74) is 5.27. The highest BCUT2D eigenvalue weighted by Crippen LogP contribution is 2.02. The maximum atomic E-state index is 5.27. The summed E-state index contributed by atoms with van der Waals surface area (Å²) in [7, 11) is 0. The van der Waals surface area contributed by atoms with Crippen LogP contribution < -0.4 is 5.73 Å². The van der Waals surface area contributed by atoms with Crippen LogP contribution in [-0.4, -0.2) is 11.5 Å². The third-order valence-electron chi connectivity index (χ3n) is 1.12. The predicted molar refractivity (Wildman–Crippen MR) is 47.3 cm³/mol. The van der Waals surface area contributed by atoms with Gasteiger partial charge in [0.2, 0.25) is 0 Å². The summed E-state index contributed by atoms with van der Waals surface area (Å²) in [4.78, 5) is 4.10. The van der Waals surface area contributed by atoms with Gasteiger partial charge in [-0.05, 0) is 0 Å². The molecule has 0 saturated heterocycles. The molecule has 1 heterocycles. The van der Waals surface area contributed by atoms with Gasteiger partial charge in [-0.3, -0.25) is 0 Å². The number of thiazole rings is 1. The van der Waals surface area contributed by atoms with E-state index in [1.54, 1.807) is 17.5 Å². The first-order valence-corrected chi connectivity index (χ1v) is 4.35. The van der Waals surface area contributed by atoms with Crippen LogP contribution in [0.2, 0.25) is 0 Å². The van der Waals surface area contributed by atoms with Gasteiger partial charge in [-0.15, -0.1) is 17.3 Å². The van der Waals surface area contributed by atoms with Gasteiger partial charge in [0.25, 0.3) is 0 Å². The van der Waals surface area contributed by atoms with Crippen molar-refractivity contribution in [3.05, 3.63) is 16.6 Å². The molecule has 0 spiro atoms. The third-order valence-corrected chi connectivity index (χ3v) is 1.90. The maximum absolute atomic E-state index is 5.27. The lowest BCUT2D eigenvalue weighted by Crippen LogP contribution is -1.95. The van der Waals surface area contributed by atoms with Crippen molar-refractivity contribution in [3.8, 4) is 11.8 Å². The second-order valence-corrected chi connectivity index (χ2v) is 2.97. The van der Waals surface area contributed by atoms with Gasteiger partial charge in [-0.2, -0.15) is 0 Å². The smallest absolute Gasteiger partial charge is 0.104 e. The summed E-state index contributed by atoms with van der Waals surface area (Å²) in [6, 6.07) is 0. The molecule has 2 N–H and O–H groups in total. The molecular weight excluding hydrogens is 156 g/mol. The molecule has 58 valence electrons. The summed E-state index contributed by atoms with van der Waals surface area (Å²) >= 11 is 1.64. The third kappa shape index (κ3) is 3.17. The first-order valence-electron chi connectivity index (χ1n) is 3.47. The van der Waals surface area contributed by atoms with Crippen LogP contribution in [-0.2, 0) is 6.42 Å². The van der Waals surface area contributed by atoms with Crippen LogP contribution in [0.1, 0.15) is 11.4 Å². The van der Waals surface area contributed by atoms with Gasteiger partial charge in [-0.25, -0.2) is 4.98 Å². The Kier molecular flexibility index (Phi) is 3.67.